The summed E-state index contributed by atoms with van der Waals surface area (Å²) in [7, 11) is 0. The normalized spacial score (nSPS) is 11.8. The zero-order valence-corrected chi connectivity index (χ0v) is 19.6. The standard InChI is InChI=1S/C32H19N3O2/c1-2-7-22-20(5-1)6-3-9-27(22)35(21-11-12-29-25(17-21)23-13-15-34-19-31(23)36-29)28-10-4-8-24-26-18-33-16-14-30(26)37-32(24)28/h1-19H. The molecule has 0 atom stereocenters. The van der Waals surface area contributed by atoms with Gasteiger partial charge in [0.05, 0.1) is 17.6 Å². The van der Waals surface area contributed by atoms with Crippen LogP contribution in [0, 0.1) is 0 Å². The van der Waals surface area contributed by atoms with E-state index in [1.165, 1.54) is 5.39 Å². The Labute approximate surface area is 211 Å². The molecule has 0 saturated heterocycles. The summed E-state index contributed by atoms with van der Waals surface area (Å²) < 4.78 is 12.5. The van der Waals surface area contributed by atoms with Crippen LogP contribution in [0.15, 0.2) is 125 Å². The van der Waals surface area contributed by atoms with Crippen molar-refractivity contribution in [1.29, 1.82) is 0 Å². The molecule has 0 aliphatic rings. The maximum Gasteiger partial charge on any atom is 0.159 e. The first-order valence-corrected chi connectivity index (χ1v) is 12.1. The highest BCUT2D eigenvalue weighted by Gasteiger charge is 2.21. The summed E-state index contributed by atoms with van der Waals surface area (Å²) in [5, 5.41) is 6.44. The smallest absolute Gasteiger partial charge is 0.159 e. The lowest BCUT2D eigenvalue weighted by Gasteiger charge is -2.27. The second-order valence-corrected chi connectivity index (χ2v) is 9.12. The zero-order valence-electron chi connectivity index (χ0n) is 19.6. The van der Waals surface area contributed by atoms with Crippen LogP contribution in [-0.4, -0.2) is 9.97 Å². The van der Waals surface area contributed by atoms with Gasteiger partial charge in [0.1, 0.15) is 11.2 Å². The Morgan fingerprint density at radius 3 is 2.30 bits per heavy atom. The summed E-state index contributed by atoms with van der Waals surface area (Å²) in [6.07, 6.45) is 7.20. The van der Waals surface area contributed by atoms with Crippen LogP contribution in [-0.2, 0) is 0 Å². The number of aromatic nitrogens is 2. The Kier molecular flexibility index (Phi) is 4.16. The molecular formula is C32H19N3O2. The van der Waals surface area contributed by atoms with Crippen molar-refractivity contribution in [2.75, 3.05) is 4.90 Å². The topological polar surface area (TPSA) is 55.3 Å². The number of furan rings is 2. The molecular weight excluding hydrogens is 458 g/mol. The third-order valence-electron chi connectivity index (χ3n) is 7.04. The molecule has 0 unspecified atom stereocenters. The summed E-state index contributed by atoms with van der Waals surface area (Å²) in [6, 6.07) is 31.4. The molecule has 5 heteroatoms. The fourth-order valence-electron chi connectivity index (χ4n) is 5.37. The fraction of sp³-hybridized carbons (Fsp3) is 0. The lowest BCUT2D eigenvalue weighted by atomic mass is 10.0. The maximum absolute atomic E-state index is 6.45. The van der Waals surface area contributed by atoms with Gasteiger partial charge in [0.15, 0.2) is 11.2 Å². The number of pyridine rings is 2. The van der Waals surface area contributed by atoms with Crippen LogP contribution >= 0.6 is 0 Å². The SMILES string of the molecule is c1ccc2c(N(c3ccc4oc5cnccc5c4c3)c3cccc4c3oc3ccncc34)cccc2c1. The third kappa shape index (κ3) is 2.98. The van der Waals surface area contributed by atoms with E-state index >= 15 is 0 Å². The van der Waals surface area contributed by atoms with E-state index in [9.17, 15) is 0 Å². The Morgan fingerprint density at radius 2 is 1.30 bits per heavy atom. The van der Waals surface area contributed by atoms with Gasteiger partial charge in [0.2, 0.25) is 0 Å². The number of fused-ring (bicyclic) bond motifs is 7. The van der Waals surface area contributed by atoms with Crippen molar-refractivity contribution in [2.45, 2.75) is 0 Å². The van der Waals surface area contributed by atoms with Gasteiger partial charge < -0.3 is 13.7 Å². The summed E-state index contributed by atoms with van der Waals surface area (Å²) in [5.74, 6) is 0. The van der Waals surface area contributed by atoms with Crippen LogP contribution < -0.4 is 4.90 Å². The highest BCUT2D eigenvalue weighted by atomic mass is 16.3. The molecule has 174 valence electrons. The minimum absolute atomic E-state index is 0.776. The number of para-hydroxylation sites is 1. The van der Waals surface area contributed by atoms with Crippen LogP contribution in [0.2, 0.25) is 0 Å². The van der Waals surface area contributed by atoms with Gasteiger partial charge in [-0.15, -0.1) is 0 Å². The lowest BCUT2D eigenvalue weighted by Crippen LogP contribution is -2.10. The van der Waals surface area contributed by atoms with Crippen LogP contribution in [0.4, 0.5) is 17.1 Å². The van der Waals surface area contributed by atoms with Crippen molar-refractivity contribution in [3.8, 4) is 0 Å². The summed E-state index contributed by atoms with van der Waals surface area (Å²) in [5.41, 5.74) is 6.28. The second kappa shape index (κ2) is 7.67. The molecule has 0 radical (unpaired) electrons. The van der Waals surface area contributed by atoms with Crippen LogP contribution in [0.5, 0.6) is 0 Å². The number of hydrogen-bond acceptors (Lipinski definition) is 5. The number of rotatable bonds is 3. The molecule has 0 amide bonds. The first kappa shape index (κ1) is 20.1. The van der Waals surface area contributed by atoms with E-state index in [1.807, 2.05) is 24.4 Å². The molecule has 5 nitrogen and oxygen atoms in total. The average molecular weight is 478 g/mol. The average Bonchev–Trinajstić information content (AvgIpc) is 3.52. The van der Waals surface area contributed by atoms with Crippen molar-refractivity contribution in [1.82, 2.24) is 9.97 Å². The third-order valence-corrected chi connectivity index (χ3v) is 7.04. The predicted octanol–water partition coefficient (Wildman–Crippen LogP) is 8.90. The highest BCUT2D eigenvalue weighted by molar-refractivity contribution is 6.12. The molecule has 8 aromatic rings. The van der Waals surface area contributed by atoms with Crippen molar-refractivity contribution in [2.24, 2.45) is 0 Å². The molecule has 4 aromatic carbocycles. The zero-order chi connectivity index (χ0) is 24.3. The molecule has 0 saturated carbocycles. The number of nitrogens with zero attached hydrogens (tertiary/aromatic N) is 3. The Morgan fingerprint density at radius 1 is 0.514 bits per heavy atom. The number of hydrogen-bond donors (Lipinski definition) is 0. The van der Waals surface area contributed by atoms with Crippen LogP contribution in [0.3, 0.4) is 0 Å². The largest absolute Gasteiger partial charge is 0.454 e. The van der Waals surface area contributed by atoms with Crippen molar-refractivity contribution >= 4 is 71.7 Å². The van der Waals surface area contributed by atoms with E-state index in [1.54, 1.807) is 18.6 Å². The van der Waals surface area contributed by atoms with Gasteiger partial charge in [-0.2, -0.15) is 0 Å². The predicted molar refractivity (Wildman–Crippen MR) is 149 cm³/mol. The van der Waals surface area contributed by atoms with E-state index in [4.69, 9.17) is 8.83 Å². The second-order valence-electron chi connectivity index (χ2n) is 9.12. The summed E-state index contributed by atoms with van der Waals surface area (Å²) in [4.78, 5) is 10.8. The van der Waals surface area contributed by atoms with Gasteiger partial charge in [0, 0.05) is 51.2 Å². The molecule has 0 fully saturated rings. The molecule has 0 spiro atoms. The van der Waals surface area contributed by atoms with E-state index in [0.29, 0.717) is 0 Å². The molecule has 37 heavy (non-hydrogen) atoms. The maximum atomic E-state index is 6.45. The number of benzene rings is 4. The molecule has 0 N–H and O–H groups in total. The molecule has 4 heterocycles. The van der Waals surface area contributed by atoms with Gasteiger partial charge in [-0.05, 0) is 47.9 Å². The van der Waals surface area contributed by atoms with Crippen molar-refractivity contribution in [3.63, 3.8) is 0 Å². The van der Waals surface area contributed by atoms with Gasteiger partial charge in [-0.25, -0.2) is 0 Å². The van der Waals surface area contributed by atoms with Crippen LogP contribution in [0.25, 0.3) is 54.6 Å². The highest BCUT2D eigenvalue weighted by Crippen LogP contribution is 2.45. The van der Waals surface area contributed by atoms with Gasteiger partial charge in [-0.3, -0.25) is 9.97 Å². The first-order valence-electron chi connectivity index (χ1n) is 12.1. The Hall–Kier alpha value is -5.16. The van der Waals surface area contributed by atoms with E-state index in [-0.39, 0.29) is 0 Å². The summed E-state index contributed by atoms with van der Waals surface area (Å²) in [6.45, 7) is 0. The van der Waals surface area contributed by atoms with Crippen molar-refractivity contribution < 1.29 is 8.83 Å². The van der Waals surface area contributed by atoms with Gasteiger partial charge >= 0.3 is 0 Å². The summed E-state index contributed by atoms with van der Waals surface area (Å²) >= 11 is 0. The Bertz CT molecular complexity index is 2120. The molecule has 8 rings (SSSR count). The van der Waals surface area contributed by atoms with Crippen molar-refractivity contribution in [3.05, 3.63) is 116 Å². The van der Waals surface area contributed by atoms with Gasteiger partial charge in [-0.1, -0.05) is 48.5 Å². The quantitative estimate of drug-likeness (QED) is 0.254. The van der Waals surface area contributed by atoms with E-state index < -0.39 is 0 Å². The first-order chi connectivity index (χ1) is 18.3. The molecule has 0 bridgehead atoms. The minimum Gasteiger partial charge on any atom is -0.454 e. The number of anilines is 3. The molecule has 0 aliphatic heterocycles. The van der Waals surface area contributed by atoms with E-state index in [0.717, 1.165) is 66.3 Å². The monoisotopic (exact) mass is 477 g/mol. The Balaban J connectivity index is 1.47. The van der Waals surface area contributed by atoms with Gasteiger partial charge in [0.25, 0.3) is 0 Å². The molecule has 0 aliphatic carbocycles. The minimum atomic E-state index is 0.776. The fourth-order valence-corrected chi connectivity index (χ4v) is 5.37. The van der Waals surface area contributed by atoms with E-state index in [2.05, 4.69) is 87.7 Å². The molecule has 4 aromatic heterocycles. The lowest BCUT2D eigenvalue weighted by molar-refractivity contribution is 0.667. The van der Waals surface area contributed by atoms with Crippen LogP contribution in [0.1, 0.15) is 0 Å².